The molecular formula is C42H32BrN3O6S. The monoisotopic (exact) mass is 785 g/mol. The molecule has 1 aliphatic heterocycles. The zero-order valence-corrected chi connectivity index (χ0v) is 31.4. The van der Waals surface area contributed by atoms with Gasteiger partial charge in [-0.25, -0.2) is 9.79 Å². The quantitative estimate of drug-likeness (QED) is 0.134. The lowest BCUT2D eigenvalue weighted by molar-refractivity contribution is -0.138. The number of thiazole rings is 1. The molecule has 11 heteroatoms. The molecule has 0 saturated heterocycles. The van der Waals surface area contributed by atoms with Crippen LogP contribution in [-0.2, 0) is 16.1 Å². The van der Waals surface area contributed by atoms with Gasteiger partial charge in [0, 0.05) is 21.2 Å². The fourth-order valence-corrected chi connectivity index (χ4v) is 7.86. The van der Waals surface area contributed by atoms with Gasteiger partial charge in [0.05, 0.1) is 48.3 Å². The number of rotatable bonds is 10. The summed E-state index contributed by atoms with van der Waals surface area (Å²) in [4.78, 5) is 34.2. The largest absolute Gasteiger partial charge is 0.496 e. The molecule has 1 aromatic heterocycles. The van der Waals surface area contributed by atoms with Crippen LogP contribution < -0.4 is 29.1 Å². The molecule has 0 saturated carbocycles. The molecule has 2 heterocycles. The summed E-state index contributed by atoms with van der Waals surface area (Å²) in [5, 5.41) is 11.2. The first-order valence-corrected chi connectivity index (χ1v) is 18.3. The van der Waals surface area contributed by atoms with Crippen molar-refractivity contribution in [1.29, 1.82) is 5.26 Å². The van der Waals surface area contributed by atoms with Crippen LogP contribution in [0.4, 0.5) is 0 Å². The first-order chi connectivity index (χ1) is 25.9. The van der Waals surface area contributed by atoms with Gasteiger partial charge < -0.3 is 18.9 Å². The Bertz CT molecular complexity index is 2640. The standard InChI is InChI=1S/C42H32BrN3O6S/c1-4-51-41(48)37-38(26-13-6-5-7-14-26)45-42-46(39(37)36-30-17-11-10-12-25(30)18-19-32(36)49-2)40(47)35(53-42)21-29-20-33(50-3)34(22-31(29)43)52-24-28-16-9-8-15-27(28)23-44/h5-22,39H,4,24H2,1-3H3/b35-21+/t39-/m0/s1. The number of carbonyl (C=O) groups is 1. The van der Waals surface area contributed by atoms with Crippen molar-refractivity contribution in [3.63, 3.8) is 0 Å². The summed E-state index contributed by atoms with van der Waals surface area (Å²) in [6.07, 6.45) is 1.76. The number of benzene rings is 5. The minimum atomic E-state index is -0.936. The van der Waals surface area contributed by atoms with E-state index in [4.69, 9.17) is 23.9 Å². The van der Waals surface area contributed by atoms with Crippen LogP contribution in [0.2, 0.25) is 0 Å². The first-order valence-electron chi connectivity index (χ1n) is 16.7. The molecule has 0 radical (unpaired) electrons. The highest BCUT2D eigenvalue weighted by molar-refractivity contribution is 9.10. The third-order valence-electron chi connectivity index (χ3n) is 8.89. The minimum Gasteiger partial charge on any atom is -0.496 e. The zero-order chi connectivity index (χ0) is 37.1. The lowest BCUT2D eigenvalue weighted by Crippen LogP contribution is -2.40. The van der Waals surface area contributed by atoms with Crippen molar-refractivity contribution in [3.8, 4) is 23.3 Å². The van der Waals surface area contributed by atoms with Crippen LogP contribution in [-0.4, -0.2) is 31.4 Å². The second-order valence-electron chi connectivity index (χ2n) is 11.9. The molecule has 53 heavy (non-hydrogen) atoms. The van der Waals surface area contributed by atoms with Gasteiger partial charge in [0.15, 0.2) is 16.3 Å². The fraction of sp³-hybridized carbons (Fsp3) is 0.143. The Labute approximate surface area is 317 Å². The zero-order valence-electron chi connectivity index (χ0n) is 29.0. The molecule has 0 spiro atoms. The van der Waals surface area contributed by atoms with Crippen LogP contribution >= 0.6 is 27.3 Å². The molecule has 6 aromatic rings. The highest BCUT2D eigenvalue weighted by Crippen LogP contribution is 2.42. The number of nitriles is 1. The van der Waals surface area contributed by atoms with Gasteiger partial charge in [-0.1, -0.05) is 106 Å². The number of halogens is 1. The molecule has 7 rings (SSSR count). The Morgan fingerprint density at radius 1 is 0.943 bits per heavy atom. The number of aromatic nitrogens is 1. The van der Waals surface area contributed by atoms with Crippen LogP contribution in [0.15, 0.2) is 123 Å². The van der Waals surface area contributed by atoms with Crippen LogP contribution in [0.5, 0.6) is 17.2 Å². The molecule has 0 N–H and O–H groups in total. The highest BCUT2D eigenvalue weighted by atomic mass is 79.9. The third-order valence-corrected chi connectivity index (χ3v) is 10.6. The SMILES string of the molecule is CCOC(=O)C1=C(c2ccccc2)N=c2s/c(=C/c3cc(OC)c(OCc4ccccc4C#N)cc3Br)c(=O)n2[C@H]1c1c(OC)ccc2ccccc12. The van der Waals surface area contributed by atoms with Crippen molar-refractivity contribution in [1.82, 2.24) is 4.57 Å². The highest BCUT2D eigenvalue weighted by Gasteiger charge is 2.37. The number of fused-ring (bicyclic) bond motifs is 2. The van der Waals surface area contributed by atoms with E-state index in [-0.39, 0.29) is 24.3 Å². The van der Waals surface area contributed by atoms with E-state index in [0.29, 0.717) is 59.0 Å². The molecule has 0 amide bonds. The summed E-state index contributed by atoms with van der Waals surface area (Å²) in [5.41, 5.74) is 3.58. The predicted molar refractivity (Wildman–Crippen MR) is 208 cm³/mol. The van der Waals surface area contributed by atoms with Crippen LogP contribution in [0.3, 0.4) is 0 Å². The second kappa shape index (κ2) is 15.3. The van der Waals surface area contributed by atoms with Crippen molar-refractivity contribution in [2.45, 2.75) is 19.6 Å². The second-order valence-corrected chi connectivity index (χ2v) is 13.8. The molecule has 0 bridgehead atoms. The maximum atomic E-state index is 14.7. The third kappa shape index (κ3) is 6.75. The average molecular weight is 787 g/mol. The fourth-order valence-electron chi connectivity index (χ4n) is 6.43. The maximum Gasteiger partial charge on any atom is 0.338 e. The number of hydrogen-bond donors (Lipinski definition) is 0. The molecule has 0 fully saturated rings. The normalized spacial score (nSPS) is 13.9. The van der Waals surface area contributed by atoms with Gasteiger partial charge in [0.2, 0.25) is 0 Å². The number of carbonyl (C=O) groups excluding carboxylic acids is 1. The summed E-state index contributed by atoms with van der Waals surface area (Å²) in [6, 6.07) is 33.1. The number of hydrogen-bond acceptors (Lipinski definition) is 9. The lowest BCUT2D eigenvalue weighted by atomic mass is 9.89. The van der Waals surface area contributed by atoms with E-state index in [1.807, 2.05) is 78.9 Å². The number of methoxy groups -OCH3 is 2. The smallest absolute Gasteiger partial charge is 0.338 e. The minimum absolute atomic E-state index is 0.134. The van der Waals surface area contributed by atoms with E-state index < -0.39 is 12.0 Å². The molecule has 0 unspecified atom stereocenters. The molecule has 264 valence electrons. The van der Waals surface area contributed by atoms with Crippen LogP contribution in [0.25, 0.3) is 22.5 Å². The van der Waals surface area contributed by atoms with Crippen molar-refractivity contribution >= 4 is 55.8 Å². The van der Waals surface area contributed by atoms with Crippen molar-refractivity contribution in [2.24, 2.45) is 4.99 Å². The molecule has 5 aromatic carbocycles. The summed E-state index contributed by atoms with van der Waals surface area (Å²) in [5.74, 6) is 0.834. The van der Waals surface area contributed by atoms with E-state index in [2.05, 4.69) is 22.0 Å². The van der Waals surface area contributed by atoms with Gasteiger partial charge in [-0.3, -0.25) is 9.36 Å². The Hall–Kier alpha value is -5.96. The van der Waals surface area contributed by atoms with Crippen molar-refractivity contribution in [2.75, 3.05) is 20.8 Å². The summed E-state index contributed by atoms with van der Waals surface area (Å²) in [6.45, 7) is 2.04. The van der Waals surface area contributed by atoms with Gasteiger partial charge in [-0.15, -0.1) is 0 Å². The average Bonchev–Trinajstić information content (AvgIpc) is 3.50. The topological polar surface area (TPSA) is 112 Å². The molecule has 1 atom stereocenters. The summed E-state index contributed by atoms with van der Waals surface area (Å²) in [7, 11) is 3.11. The summed E-state index contributed by atoms with van der Waals surface area (Å²) >= 11 is 4.88. The van der Waals surface area contributed by atoms with Gasteiger partial charge in [-0.2, -0.15) is 5.26 Å². The number of esters is 1. The van der Waals surface area contributed by atoms with Gasteiger partial charge in [0.1, 0.15) is 18.4 Å². The first kappa shape index (κ1) is 35.4. The Balaban J connectivity index is 1.44. The summed E-state index contributed by atoms with van der Waals surface area (Å²) < 4.78 is 26.0. The molecule has 9 nitrogen and oxygen atoms in total. The number of nitrogens with zero attached hydrogens (tertiary/aromatic N) is 3. The van der Waals surface area contributed by atoms with Crippen LogP contribution in [0, 0.1) is 11.3 Å². The van der Waals surface area contributed by atoms with Crippen molar-refractivity contribution < 1.29 is 23.7 Å². The Morgan fingerprint density at radius 2 is 1.68 bits per heavy atom. The molecule has 0 aliphatic carbocycles. The van der Waals surface area contributed by atoms with Gasteiger partial charge in [-0.05, 0) is 53.6 Å². The number of ether oxygens (including phenoxy) is 4. The van der Waals surface area contributed by atoms with Crippen LogP contribution in [0.1, 0.15) is 40.8 Å². The van der Waals surface area contributed by atoms with E-state index >= 15 is 0 Å². The van der Waals surface area contributed by atoms with E-state index in [1.165, 1.54) is 18.4 Å². The van der Waals surface area contributed by atoms with E-state index in [0.717, 1.165) is 16.3 Å². The van der Waals surface area contributed by atoms with E-state index in [9.17, 15) is 14.9 Å². The lowest BCUT2D eigenvalue weighted by Gasteiger charge is -2.28. The predicted octanol–water partition coefficient (Wildman–Crippen LogP) is 7.32. The Morgan fingerprint density at radius 3 is 2.43 bits per heavy atom. The van der Waals surface area contributed by atoms with E-state index in [1.54, 1.807) is 48.9 Å². The van der Waals surface area contributed by atoms with Crippen molar-refractivity contribution in [3.05, 3.63) is 161 Å². The maximum absolute atomic E-state index is 14.7. The van der Waals surface area contributed by atoms with Gasteiger partial charge in [0.25, 0.3) is 5.56 Å². The Kier molecular flexibility index (Phi) is 10.3. The molecule has 1 aliphatic rings. The molecular weight excluding hydrogens is 754 g/mol. The van der Waals surface area contributed by atoms with Gasteiger partial charge >= 0.3 is 5.97 Å².